The maximum absolute atomic E-state index is 3.42. The van der Waals surface area contributed by atoms with Crippen molar-refractivity contribution in [2.24, 2.45) is 5.41 Å². The topological polar surface area (TPSA) is 12.0 Å². The molecule has 0 heterocycles. The lowest BCUT2D eigenvalue weighted by Gasteiger charge is -2.30. The summed E-state index contributed by atoms with van der Waals surface area (Å²) < 4.78 is 0. The summed E-state index contributed by atoms with van der Waals surface area (Å²) in [7, 11) is 2.06. The van der Waals surface area contributed by atoms with E-state index in [1.165, 1.54) is 11.1 Å². The summed E-state index contributed by atoms with van der Waals surface area (Å²) in [4.78, 5) is 0. The van der Waals surface area contributed by atoms with Crippen molar-refractivity contribution in [3.05, 3.63) is 35.4 Å². The predicted molar refractivity (Wildman–Crippen MR) is 79.6 cm³/mol. The fourth-order valence-corrected chi connectivity index (χ4v) is 3.30. The van der Waals surface area contributed by atoms with Gasteiger partial charge in [-0.05, 0) is 24.9 Å². The Hall–Kier alpha value is -0.470. The van der Waals surface area contributed by atoms with Crippen molar-refractivity contribution in [3.8, 4) is 0 Å². The van der Waals surface area contributed by atoms with Crippen LogP contribution in [0.1, 0.15) is 31.9 Å². The van der Waals surface area contributed by atoms with Crippen molar-refractivity contribution >= 4 is 11.8 Å². The third-order valence-corrected chi connectivity index (χ3v) is 4.14. The number of benzene rings is 1. The van der Waals surface area contributed by atoms with E-state index in [4.69, 9.17) is 0 Å². The van der Waals surface area contributed by atoms with Gasteiger partial charge in [0.25, 0.3) is 0 Å². The van der Waals surface area contributed by atoms with Crippen molar-refractivity contribution in [1.29, 1.82) is 0 Å². The standard InChI is InChI=1S/C15H25NS/c1-12-7-6-8-13(9-12)10-17-11-14(16-5)15(2,3)4/h6-9,14,16H,10-11H2,1-5H3. The molecule has 17 heavy (non-hydrogen) atoms. The molecule has 2 heteroatoms. The van der Waals surface area contributed by atoms with Gasteiger partial charge in [0.05, 0.1) is 0 Å². The number of aryl methyl sites for hydroxylation is 1. The minimum absolute atomic E-state index is 0.328. The first-order chi connectivity index (χ1) is 7.93. The first-order valence-corrected chi connectivity index (χ1v) is 7.39. The van der Waals surface area contributed by atoms with Gasteiger partial charge < -0.3 is 5.32 Å². The second-order valence-corrected chi connectivity index (χ2v) is 6.74. The molecule has 1 aromatic rings. The zero-order valence-electron chi connectivity index (χ0n) is 11.7. The normalized spacial score (nSPS) is 13.7. The summed E-state index contributed by atoms with van der Waals surface area (Å²) in [5, 5.41) is 3.42. The minimum Gasteiger partial charge on any atom is -0.316 e. The predicted octanol–water partition coefficient (Wildman–Crippen LogP) is 3.86. The summed E-state index contributed by atoms with van der Waals surface area (Å²) in [5.74, 6) is 2.27. The Morgan fingerprint density at radius 1 is 1.29 bits per heavy atom. The van der Waals surface area contributed by atoms with Gasteiger partial charge in [-0.2, -0.15) is 11.8 Å². The first kappa shape index (κ1) is 14.6. The quantitative estimate of drug-likeness (QED) is 0.853. The van der Waals surface area contributed by atoms with Crippen LogP contribution in [-0.4, -0.2) is 18.8 Å². The Bertz CT molecular complexity index is 341. The lowest BCUT2D eigenvalue weighted by molar-refractivity contribution is 0.305. The zero-order valence-corrected chi connectivity index (χ0v) is 12.5. The smallest absolute Gasteiger partial charge is 0.0203 e. The second-order valence-electron chi connectivity index (χ2n) is 5.71. The highest BCUT2D eigenvalue weighted by Crippen LogP contribution is 2.24. The van der Waals surface area contributed by atoms with Crippen LogP contribution in [0.15, 0.2) is 24.3 Å². The maximum Gasteiger partial charge on any atom is 0.0203 e. The Labute approximate surface area is 110 Å². The molecule has 0 saturated heterocycles. The summed E-state index contributed by atoms with van der Waals surface area (Å²) in [6.07, 6.45) is 0. The molecule has 0 radical (unpaired) electrons. The molecule has 0 aromatic heterocycles. The number of nitrogens with one attached hydrogen (secondary N) is 1. The van der Waals surface area contributed by atoms with Gasteiger partial charge in [-0.1, -0.05) is 50.6 Å². The number of hydrogen-bond acceptors (Lipinski definition) is 2. The Morgan fingerprint density at radius 3 is 2.53 bits per heavy atom. The van der Waals surface area contributed by atoms with Crippen LogP contribution in [0.25, 0.3) is 0 Å². The molecule has 0 saturated carbocycles. The minimum atomic E-state index is 0.328. The molecule has 1 N–H and O–H groups in total. The summed E-state index contributed by atoms with van der Waals surface area (Å²) in [6, 6.07) is 9.35. The van der Waals surface area contributed by atoms with Crippen LogP contribution in [0.3, 0.4) is 0 Å². The van der Waals surface area contributed by atoms with E-state index in [0.29, 0.717) is 11.5 Å². The van der Waals surface area contributed by atoms with Gasteiger partial charge in [0.15, 0.2) is 0 Å². The molecule has 0 spiro atoms. The molecule has 0 fully saturated rings. The highest BCUT2D eigenvalue weighted by Gasteiger charge is 2.22. The van der Waals surface area contributed by atoms with Gasteiger partial charge in [0.2, 0.25) is 0 Å². The fourth-order valence-electron chi connectivity index (χ4n) is 1.86. The van der Waals surface area contributed by atoms with Crippen LogP contribution >= 0.6 is 11.8 Å². The molecular weight excluding hydrogens is 226 g/mol. The third-order valence-electron chi connectivity index (χ3n) is 3.03. The molecule has 1 aromatic carbocycles. The van der Waals surface area contributed by atoms with Gasteiger partial charge in [-0.25, -0.2) is 0 Å². The highest BCUT2D eigenvalue weighted by atomic mass is 32.2. The van der Waals surface area contributed by atoms with Crippen LogP contribution in [-0.2, 0) is 5.75 Å². The van der Waals surface area contributed by atoms with Crippen LogP contribution in [0.5, 0.6) is 0 Å². The first-order valence-electron chi connectivity index (χ1n) is 6.24. The van der Waals surface area contributed by atoms with Crippen molar-refractivity contribution in [1.82, 2.24) is 5.32 Å². The molecule has 0 amide bonds. The highest BCUT2D eigenvalue weighted by molar-refractivity contribution is 7.98. The molecule has 0 aliphatic carbocycles. The average Bonchev–Trinajstić information content (AvgIpc) is 2.22. The molecule has 1 unspecified atom stereocenters. The molecule has 1 atom stereocenters. The molecule has 1 rings (SSSR count). The summed E-state index contributed by atoms with van der Waals surface area (Å²) in [5.41, 5.74) is 3.11. The van der Waals surface area contributed by atoms with E-state index in [1.54, 1.807) is 0 Å². The van der Waals surface area contributed by atoms with Crippen LogP contribution < -0.4 is 5.32 Å². The van der Waals surface area contributed by atoms with Gasteiger partial charge in [-0.15, -0.1) is 0 Å². The molecule has 96 valence electrons. The fraction of sp³-hybridized carbons (Fsp3) is 0.600. The monoisotopic (exact) mass is 251 g/mol. The van der Waals surface area contributed by atoms with Crippen molar-refractivity contribution in [2.45, 2.75) is 39.5 Å². The second kappa shape index (κ2) is 6.46. The van der Waals surface area contributed by atoms with E-state index < -0.39 is 0 Å². The Balaban J connectivity index is 2.42. The van der Waals surface area contributed by atoms with E-state index in [1.807, 2.05) is 11.8 Å². The van der Waals surface area contributed by atoms with Gasteiger partial charge >= 0.3 is 0 Å². The van der Waals surface area contributed by atoms with E-state index in [9.17, 15) is 0 Å². The van der Waals surface area contributed by atoms with Gasteiger partial charge in [0, 0.05) is 17.5 Å². The molecular formula is C15H25NS. The zero-order chi connectivity index (χ0) is 12.9. The van der Waals surface area contributed by atoms with Crippen molar-refractivity contribution in [3.63, 3.8) is 0 Å². The molecule has 0 aliphatic heterocycles. The molecule has 0 bridgehead atoms. The maximum atomic E-state index is 3.42. The van der Waals surface area contributed by atoms with E-state index in [0.717, 1.165) is 11.5 Å². The molecule has 0 aliphatic rings. The van der Waals surface area contributed by atoms with Crippen molar-refractivity contribution in [2.75, 3.05) is 12.8 Å². The van der Waals surface area contributed by atoms with Crippen LogP contribution in [0.4, 0.5) is 0 Å². The number of rotatable bonds is 5. The van der Waals surface area contributed by atoms with E-state index in [2.05, 4.69) is 64.3 Å². The van der Waals surface area contributed by atoms with E-state index in [-0.39, 0.29) is 0 Å². The Kier molecular flexibility index (Phi) is 5.54. The van der Waals surface area contributed by atoms with Gasteiger partial charge in [-0.3, -0.25) is 0 Å². The molecule has 1 nitrogen and oxygen atoms in total. The largest absolute Gasteiger partial charge is 0.316 e. The van der Waals surface area contributed by atoms with E-state index >= 15 is 0 Å². The van der Waals surface area contributed by atoms with Gasteiger partial charge in [0.1, 0.15) is 0 Å². The summed E-state index contributed by atoms with van der Waals surface area (Å²) in [6.45, 7) is 9.03. The Morgan fingerprint density at radius 2 is 2.00 bits per heavy atom. The van der Waals surface area contributed by atoms with Crippen LogP contribution in [0, 0.1) is 12.3 Å². The SMILES string of the molecule is CNC(CSCc1cccc(C)c1)C(C)(C)C. The van der Waals surface area contributed by atoms with Crippen LogP contribution in [0.2, 0.25) is 0 Å². The lowest BCUT2D eigenvalue weighted by Crippen LogP contribution is -2.40. The number of thioether (sulfide) groups is 1. The third kappa shape index (κ3) is 5.13. The van der Waals surface area contributed by atoms with Crippen molar-refractivity contribution < 1.29 is 0 Å². The average molecular weight is 251 g/mol. The lowest BCUT2D eigenvalue weighted by atomic mass is 9.88. The number of hydrogen-bond donors (Lipinski definition) is 1. The summed E-state index contributed by atoms with van der Waals surface area (Å²) >= 11 is 2.01.